The number of carbonyl (C=O) groups excluding carboxylic acids is 1. The van der Waals surface area contributed by atoms with Gasteiger partial charge in [0.25, 0.3) is 5.91 Å². The van der Waals surface area contributed by atoms with Crippen molar-refractivity contribution < 1.29 is 14.7 Å². The lowest BCUT2D eigenvalue weighted by Gasteiger charge is -2.19. The number of nitrogens with zero attached hydrogens (tertiary/aromatic N) is 1. The van der Waals surface area contributed by atoms with Crippen LogP contribution in [-0.4, -0.2) is 35.0 Å². The van der Waals surface area contributed by atoms with Crippen molar-refractivity contribution in [2.24, 2.45) is 5.92 Å². The average molecular weight is 307 g/mol. The second-order valence-electron chi connectivity index (χ2n) is 5.66. The summed E-state index contributed by atoms with van der Waals surface area (Å²) in [4.78, 5) is 26.6. The third kappa shape index (κ3) is 4.17. The van der Waals surface area contributed by atoms with Gasteiger partial charge < -0.3 is 10.0 Å². The predicted molar refractivity (Wildman–Crippen MR) is 84.6 cm³/mol. The van der Waals surface area contributed by atoms with Gasteiger partial charge in [-0.05, 0) is 49.8 Å². The summed E-state index contributed by atoms with van der Waals surface area (Å²) in [5.74, 6) is -0.216. The maximum absolute atomic E-state index is 12.6. The molecule has 1 N–H and O–H groups in total. The number of carboxylic acid groups (broad SMARTS) is 1. The lowest BCUT2D eigenvalue weighted by atomic mass is 10.0. The molecule has 1 aliphatic rings. The van der Waals surface area contributed by atoms with Gasteiger partial charge >= 0.3 is 5.97 Å². The monoisotopic (exact) mass is 307 g/mol. The molecule has 0 spiro atoms. The van der Waals surface area contributed by atoms with Crippen molar-refractivity contribution in [2.45, 2.75) is 33.1 Å². The van der Waals surface area contributed by atoms with Crippen LogP contribution in [0.5, 0.6) is 0 Å². The molecule has 21 heavy (non-hydrogen) atoms. The molecular formula is C16H21NO3S. The van der Waals surface area contributed by atoms with Crippen molar-refractivity contribution in [2.75, 3.05) is 13.1 Å². The molecule has 1 unspecified atom stereocenters. The fraction of sp³-hybridized carbons (Fsp3) is 0.500. The van der Waals surface area contributed by atoms with Gasteiger partial charge in [0.1, 0.15) is 0 Å². The van der Waals surface area contributed by atoms with Gasteiger partial charge in [0.2, 0.25) is 0 Å². The molecule has 1 saturated heterocycles. The second kappa shape index (κ2) is 6.89. The van der Waals surface area contributed by atoms with Crippen molar-refractivity contribution in [1.82, 2.24) is 4.90 Å². The van der Waals surface area contributed by atoms with E-state index in [-0.39, 0.29) is 5.91 Å². The molecule has 1 aliphatic heterocycles. The molecule has 0 aliphatic carbocycles. The number of thiophene rings is 1. The number of carbonyl (C=O) groups is 2. The molecule has 0 radical (unpaired) electrons. The number of amides is 1. The average Bonchev–Trinajstić information content (AvgIpc) is 2.66. The summed E-state index contributed by atoms with van der Waals surface area (Å²) in [6.07, 6.45) is 5.97. The summed E-state index contributed by atoms with van der Waals surface area (Å²) in [6, 6.07) is 1.86. The zero-order chi connectivity index (χ0) is 15.4. The van der Waals surface area contributed by atoms with Crippen molar-refractivity contribution in [3.8, 4) is 0 Å². The molecule has 1 atom stereocenters. The van der Waals surface area contributed by atoms with Crippen molar-refractivity contribution >= 4 is 29.3 Å². The van der Waals surface area contributed by atoms with Gasteiger partial charge in [-0.2, -0.15) is 0 Å². The Morgan fingerprint density at radius 2 is 2.14 bits per heavy atom. The molecular weight excluding hydrogens is 286 g/mol. The number of rotatable bonds is 3. The van der Waals surface area contributed by atoms with Gasteiger partial charge in [-0.3, -0.25) is 4.79 Å². The largest absolute Gasteiger partial charge is 0.478 e. The molecule has 1 aromatic heterocycles. The Bertz CT molecular complexity index is 562. The summed E-state index contributed by atoms with van der Waals surface area (Å²) in [5, 5.41) is 8.68. The third-order valence-electron chi connectivity index (χ3n) is 3.85. The van der Waals surface area contributed by atoms with Gasteiger partial charge in [-0.25, -0.2) is 4.79 Å². The summed E-state index contributed by atoms with van der Waals surface area (Å²) >= 11 is 1.37. The Hall–Kier alpha value is -1.62. The predicted octanol–water partition coefficient (Wildman–Crippen LogP) is 3.42. The second-order valence-corrected chi connectivity index (χ2v) is 6.74. The van der Waals surface area contributed by atoms with E-state index in [9.17, 15) is 9.59 Å². The summed E-state index contributed by atoms with van der Waals surface area (Å²) < 4.78 is 0. The van der Waals surface area contributed by atoms with Crippen LogP contribution in [0.1, 0.15) is 46.3 Å². The molecule has 2 rings (SSSR count). The van der Waals surface area contributed by atoms with E-state index in [1.165, 1.54) is 17.8 Å². The highest BCUT2D eigenvalue weighted by Crippen LogP contribution is 2.26. The molecule has 1 aromatic rings. The van der Waals surface area contributed by atoms with Crippen LogP contribution in [0.3, 0.4) is 0 Å². The van der Waals surface area contributed by atoms with Gasteiger partial charge in [0.15, 0.2) is 0 Å². The number of likely N-dealkylation sites (tertiary alicyclic amines) is 1. The van der Waals surface area contributed by atoms with E-state index < -0.39 is 5.97 Å². The zero-order valence-corrected chi connectivity index (χ0v) is 13.3. The van der Waals surface area contributed by atoms with Crippen LogP contribution in [0.15, 0.2) is 12.1 Å². The SMILES string of the molecule is Cc1cc(C(=O)N2CCCC(C)CC2)sc1/C=C/C(=O)O. The maximum atomic E-state index is 12.6. The lowest BCUT2D eigenvalue weighted by Crippen LogP contribution is -2.31. The van der Waals surface area contributed by atoms with Gasteiger partial charge in [0.05, 0.1) is 4.88 Å². The van der Waals surface area contributed by atoms with Gasteiger partial charge in [-0.15, -0.1) is 11.3 Å². The number of aryl methyl sites for hydroxylation is 1. The smallest absolute Gasteiger partial charge is 0.328 e. The Morgan fingerprint density at radius 3 is 2.86 bits per heavy atom. The first kappa shape index (κ1) is 15.8. The molecule has 2 heterocycles. The standard InChI is InChI=1S/C16H21NO3S/c1-11-4-3-8-17(9-7-11)16(20)14-10-12(2)13(21-14)5-6-15(18)19/h5-6,10-11H,3-4,7-9H2,1-2H3,(H,18,19)/b6-5+. The minimum atomic E-state index is -0.975. The lowest BCUT2D eigenvalue weighted by molar-refractivity contribution is -0.131. The van der Waals surface area contributed by atoms with Crippen molar-refractivity contribution in [1.29, 1.82) is 0 Å². The van der Waals surface area contributed by atoms with E-state index in [1.807, 2.05) is 17.9 Å². The number of hydrogen-bond acceptors (Lipinski definition) is 3. The quantitative estimate of drug-likeness (QED) is 0.871. The molecule has 0 saturated carbocycles. The van der Waals surface area contributed by atoms with E-state index in [0.717, 1.165) is 42.4 Å². The van der Waals surface area contributed by atoms with Gasteiger partial charge in [0, 0.05) is 24.0 Å². The van der Waals surface area contributed by atoms with Crippen LogP contribution in [0.2, 0.25) is 0 Å². The highest BCUT2D eigenvalue weighted by atomic mass is 32.1. The van der Waals surface area contributed by atoms with Crippen LogP contribution in [0.25, 0.3) is 6.08 Å². The van der Waals surface area contributed by atoms with Crippen LogP contribution < -0.4 is 0 Å². The normalized spacial score (nSPS) is 19.7. The molecule has 0 bridgehead atoms. The van der Waals surface area contributed by atoms with Crippen LogP contribution in [0.4, 0.5) is 0 Å². The van der Waals surface area contributed by atoms with E-state index in [1.54, 1.807) is 6.08 Å². The third-order valence-corrected chi connectivity index (χ3v) is 5.04. The topological polar surface area (TPSA) is 57.6 Å². The van der Waals surface area contributed by atoms with Crippen LogP contribution in [-0.2, 0) is 4.79 Å². The zero-order valence-electron chi connectivity index (χ0n) is 12.5. The number of aliphatic carboxylic acids is 1. The number of carboxylic acids is 1. The molecule has 114 valence electrons. The first-order chi connectivity index (χ1) is 9.97. The highest BCUT2D eigenvalue weighted by molar-refractivity contribution is 7.15. The van der Waals surface area contributed by atoms with Gasteiger partial charge in [-0.1, -0.05) is 6.92 Å². The summed E-state index contributed by atoms with van der Waals surface area (Å²) in [7, 11) is 0. The van der Waals surface area contributed by atoms with Crippen LogP contribution >= 0.6 is 11.3 Å². The van der Waals surface area contributed by atoms with E-state index >= 15 is 0 Å². The first-order valence-electron chi connectivity index (χ1n) is 7.28. The Labute approximate surface area is 129 Å². The summed E-state index contributed by atoms with van der Waals surface area (Å²) in [6.45, 7) is 5.77. The number of hydrogen-bond donors (Lipinski definition) is 1. The van der Waals surface area contributed by atoms with E-state index in [0.29, 0.717) is 10.8 Å². The fourth-order valence-electron chi connectivity index (χ4n) is 2.54. The molecule has 0 aromatic carbocycles. The van der Waals surface area contributed by atoms with E-state index in [2.05, 4.69) is 6.92 Å². The maximum Gasteiger partial charge on any atom is 0.328 e. The Kier molecular flexibility index (Phi) is 5.17. The van der Waals surface area contributed by atoms with Crippen molar-refractivity contribution in [3.05, 3.63) is 27.5 Å². The minimum absolute atomic E-state index is 0.0761. The minimum Gasteiger partial charge on any atom is -0.478 e. The summed E-state index contributed by atoms with van der Waals surface area (Å²) in [5.41, 5.74) is 0.948. The molecule has 1 fully saturated rings. The first-order valence-corrected chi connectivity index (χ1v) is 8.09. The molecule has 5 heteroatoms. The van der Waals surface area contributed by atoms with E-state index in [4.69, 9.17) is 5.11 Å². The van der Waals surface area contributed by atoms with Crippen molar-refractivity contribution in [3.63, 3.8) is 0 Å². The molecule has 1 amide bonds. The Morgan fingerprint density at radius 1 is 1.38 bits per heavy atom. The molecule has 4 nitrogen and oxygen atoms in total. The van der Waals surface area contributed by atoms with Crippen LogP contribution in [0, 0.1) is 12.8 Å². The highest BCUT2D eigenvalue weighted by Gasteiger charge is 2.21. The Balaban J connectivity index is 2.12. The fourth-order valence-corrected chi connectivity index (χ4v) is 3.58.